The van der Waals surface area contributed by atoms with Gasteiger partial charge in [0.05, 0.1) is 16.2 Å². The molecule has 26 heavy (non-hydrogen) atoms. The van der Waals surface area contributed by atoms with E-state index < -0.39 is 18.5 Å². The average Bonchev–Trinajstić information content (AvgIpc) is 2.66. The van der Waals surface area contributed by atoms with E-state index in [-0.39, 0.29) is 0 Å². The largest absolute Gasteiger partial charge is 0.452 e. The minimum atomic E-state index is -0.640. The first-order valence-corrected chi connectivity index (χ1v) is 8.10. The second kappa shape index (κ2) is 8.22. The van der Waals surface area contributed by atoms with E-state index >= 15 is 0 Å². The maximum Gasteiger partial charge on any atom is 0.331 e. The van der Waals surface area contributed by atoms with Crippen LogP contribution in [0, 0.1) is 0 Å². The van der Waals surface area contributed by atoms with E-state index in [1.54, 1.807) is 18.2 Å². The van der Waals surface area contributed by atoms with Crippen LogP contribution in [0.25, 0.3) is 17.0 Å². The average molecular weight is 368 g/mol. The zero-order chi connectivity index (χ0) is 18.4. The van der Waals surface area contributed by atoms with Gasteiger partial charge in [-0.05, 0) is 30.3 Å². The molecule has 0 aliphatic rings. The lowest BCUT2D eigenvalue weighted by Crippen LogP contribution is -2.20. The van der Waals surface area contributed by atoms with Gasteiger partial charge in [-0.25, -0.2) is 14.8 Å². The first-order valence-electron chi connectivity index (χ1n) is 7.72. The number of fused-ring (bicyclic) bond motifs is 1. The van der Waals surface area contributed by atoms with Crippen molar-refractivity contribution in [1.29, 1.82) is 0 Å². The summed E-state index contributed by atoms with van der Waals surface area (Å²) in [5, 5.41) is 3.97. The third kappa shape index (κ3) is 4.87. The molecule has 0 fully saturated rings. The fourth-order valence-electron chi connectivity index (χ4n) is 2.14. The van der Waals surface area contributed by atoms with Crippen molar-refractivity contribution in [3.8, 4) is 0 Å². The van der Waals surface area contributed by atoms with Crippen LogP contribution in [0.3, 0.4) is 0 Å². The Labute approximate surface area is 154 Å². The van der Waals surface area contributed by atoms with Gasteiger partial charge in [0.25, 0.3) is 5.91 Å². The van der Waals surface area contributed by atoms with Crippen molar-refractivity contribution < 1.29 is 14.3 Å². The van der Waals surface area contributed by atoms with E-state index in [9.17, 15) is 9.59 Å². The van der Waals surface area contributed by atoms with Gasteiger partial charge in [0, 0.05) is 17.7 Å². The number of anilines is 1. The Bertz CT molecular complexity index is 971. The van der Waals surface area contributed by atoms with Gasteiger partial charge in [0.2, 0.25) is 0 Å². The van der Waals surface area contributed by atoms with Gasteiger partial charge < -0.3 is 10.1 Å². The molecule has 1 aromatic carbocycles. The number of nitrogens with one attached hydrogen (secondary N) is 1. The Morgan fingerprint density at radius 3 is 2.77 bits per heavy atom. The molecule has 7 heteroatoms. The maximum atomic E-state index is 11.7. The van der Waals surface area contributed by atoms with Crippen LogP contribution >= 0.6 is 11.6 Å². The molecule has 0 aliphatic carbocycles. The molecule has 0 bridgehead atoms. The first kappa shape index (κ1) is 17.6. The summed E-state index contributed by atoms with van der Waals surface area (Å²) in [4.78, 5) is 31.8. The highest BCUT2D eigenvalue weighted by atomic mass is 35.5. The van der Waals surface area contributed by atoms with E-state index in [0.717, 1.165) is 10.9 Å². The van der Waals surface area contributed by atoms with Gasteiger partial charge in [-0.3, -0.25) is 4.79 Å². The summed E-state index contributed by atoms with van der Waals surface area (Å²) in [5.74, 6) is -0.809. The van der Waals surface area contributed by atoms with E-state index in [1.165, 1.54) is 18.3 Å². The molecule has 0 atom stereocenters. The number of carbonyl (C=O) groups is 2. The minimum Gasteiger partial charge on any atom is -0.452 e. The number of pyridine rings is 2. The molecule has 1 amide bonds. The van der Waals surface area contributed by atoms with Crippen molar-refractivity contribution in [1.82, 2.24) is 9.97 Å². The molecule has 130 valence electrons. The second-order valence-electron chi connectivity index (χ2n) is 5.28. The number of hydrogen-bond donors (Lipinski definition) is 1. The molecular formula is C19H14ClN3O3. The molecule has 0 saturated heterocycles. The fourth-order valence-corrected chi connectivity index (χ4v) is 2.25. The lowest BCUT2D eigenvalue weighted by molar-refractivity contribution is -0.142. The zero-order valence-corrected chi connectivity index (χ0v) is 14.3. The molecule has 0 spiro atoms. The minimum absolute atomic E-state index is 0.325. The van der Waals surface area contributed by atoms with Crippen LogP contribution in [0.4, 0.5) is 5.82 Å². The Morgan fingerprint density at radius 2 is 1.96 bits per heavy atom. The number of amides is 1. The van der Waals surface area contributed by atoms with Gasteiger partial charge in [0.15, 0.2) is 6.61 Å². The molecule has 0 saturated carbocycles. The van der Waals surface area contributed by atoms with Crippen LogP contribution < -0.4 is 5.32 Å². The number of rotatable bonds is 5. The van der Waals surface area contributed by atoms with Crippen molar-refractivity contribution in [3.05, 3.63) is 71.5 Å². The number of aromatic nitrogens is 2. The number of esters is 1. The Kier molecular flexibility index (Phi) is 5.56. The van der Waals surface area contributed by atoms with Gasteiger partial charge in [0.1, 0.15) is 5.82 Å². The second-order valence-corrected chi connectivity index (χ2v) is 5.72. The van der Waals surface area contributed by atoms with Gasteiger partial charge in [-0.15, -0.1) is 0 Å². The Hall–Kier alpha value is -3.25. The van der Waals surface area contributed by atoms with Crippen molar-refractivity contribution >= 4 is 46.3 Å². The summed E-state index contributed by atoms with van der Waals surface area (Å²) in [5.41, 5.74) is 1.45. The molecule has 3 rings (SSSR count). The monoisotopic (exact) mass is 367 g/mol. The van der Waals surface area contributed by atoms with Gasteiger partial charge in [-0.1, -0.05) is 35.9 Å². The predicted octanol–water partition coefficient (Wildman–Crippen LogP) is 3.48. The number of ether oxygens (including phenoxy) is 1. The Balaban J connectivity index is 1.51. The number of para-hydroxylation sites is 1. The summed E-state index contributed by atoms with van der Waals surface area (Å²) >= 11 is 5.71. The SMILES string of the molecule is O=C(COC(=O)/C=C/c1ccc2ccccc2n1)Nc1ccc(Cl)cn1. The van der Waals surface area contributed by atoms with Crippen LogP contribution in [-0.2, 0) is 14.3 Å². The third-order valence-corrected chi connectivity index (χ3v) is 3.57. The third-order valence-electron chi connectivity index (χ3n) is 3.35. The highest BCUT2D eigenvalue weighted by Gasteiger charge is 2.06. The lowest BCUT2D eigenvalue weighted by Gasteiger charge is -2.04. The summed E-state index contributed by atoms with van der Waals surface area (Å²) in [6.45, 7) is -0.418. The highest BCUT2D eigenvalue weighted by Crippen LogP contribution is 2.12. The van der Waals surface area contributed by atoms with Crippen molar-refractivity contribution in [2.45, 2.75) is 0 Å². The van der Waals surface area contributed by atoms with Crippen LogP contribution in [0.5, 0.6) is 0 Å². The van der Waals surface area contributed by atoms with Crippen molar-refractivity contribution in [2.75, 3.05) is 11.9 Å². The van der Waals surface area contributed by atoms with Crippen molar-refractivity contribution in [3.63, 3.8) is 0 Å². The lowest BCUT2D eigenvalue weighted by atomic mass is 10.2. The van der Waals surface area contributed by atoms with Crippen molar-refractivity contribution in [2.24, 2.45) is 0 Å². The summed E-state index contributed by atoms with van der Waals surface area (Å²) < 4.78 is 4.89. The topological polar surface area (TPSA) is 81.2 Å². The number of nitrogens with zero attached hydrogens (tertiary/aromatic N) is 2. The fraction of sp³-hybridized carbons (Fsp3) is 0.0526. The predicted molar refractivity (Wildman–Crippen MR) is 99.6 cm³/mol. The molecule has 0 aliphatic heterocycles. The normalized spacial score (nSPS) is 10.8. The summed E-state index contributed by atoms with van der Waals surface area (Å²) in [6.07, 6.45) is 4.17. The molecule has 6 nitrogen and oxygen atoms in total. The molecule has 2 heterocycles. The van der Waals surface area contributed by atoms with E-state index in [4.69, 9.17) is 16.3 Å². The zero-order valence-electron chi connectivity index (χ0n) is 13.6. The molecule has 0 radical (unpaired) electrons. The maximum absolute atomic E-state index is 11.7. The number of hydrogen-bond acceptors (Lipinski definition) is 5. The standard InChI is InChI=1S/C19H14ClN3O3/c20-14-6-9-17(21-11-14)23-18(24)12-26-19(25)10-8-15-7-5-13-3-1-2-4-16(13)22-15/h1-11H,12H2,(H,21,23,24)/b10-8+. The van der Waals surface area contributed by atoms with Crippen LogP contribution in [0.15, 0.2) is 60.8 Å². The van der Waals surface area contributed by atoms with Gasteiger partial charge in [-0.2, -0.15) is 0 Å². The van der Waals surface area contributed by atoms with E-state index in [1.807, 2.05) is 30.3 Å². The number of halogens is 1. The molecular weight excluding hydrogens is 354 g/mol. The van der Waals surface area contributed by atoms with Crippen LogP contribution in [0.2, 0.25) is 5.02 Å². The molecule has 2 aromatic heterocycles. The van der Waals surface area contributed by atoms with Crippen LogP contribution in [0.1, 0.15) is 5.69 Å². The summed E-state index contributed by atoms with van der Waals surface area (Å²) in [6, 6.07) is 14.5. The molecule has 3 aromatic rings. The first-order chi connectivity index (χ1) is 12.6. The van der Waals surface area contributed by atoms with Crippen LogP contribution in [-0.4, -0.2) is 28.5 Å². The molecule has 0 unspecified atom stereocenters. The summed E-state index contributed by atoms with van der Waals surface area (Å²) in [7, 11) is 0. The molecule has 1 N–H and O–H groups in total. The van der Waals surface area contributed by atoms with Gasteiger partial charge >= 0.3 is 5.97 Å². The smallest absolute Gasteiger partial charge is 0.331 e. The van der Waals surface area contributed by atoms with E-state index in [0.29, 0.717) is 16.5 Å². The Morgan fingerprint density at radius 1 is 1.12 bits per heavy atom. The number of carbonyl (C=O) groups excluding carboxylic acids is 2. The van der Waals surface area contributed by atoms with E-state index in [2.05, 4.69) is 15.3 Å². The quantitative estimate of drug-likeness (QED) is 0.551. The highest BCUT2D eigenvalue weighted by molar-refractivity contribution is 6.30. The number of benzene rings is 1.